The van der Waals surface area contributed by atoms with Gasteiger partial charge >= 0.3 is 5.97 Å². The van der Waals surface area contributed by atoms with Crippen LogP contribution >= 0.6 is 0 Å². The minimum atomic E-state index is -0.872. The minimum Gasteiger partial charge on any atom is -0.481 e. The summed E-state index contributed by atoms with van der Waals surface area (Å²) in [6, 6.07) is -0.219. The van der Waals surface area contributed by atoms with Crippen LogP contribution in [0.15, 0.2) is 0 Å². The molecule has 2 aliphatic rings. The Kier molecular flexibility index (Phi) is 1.76. The van der Waals surface area contributed by atoms with E-state index in [1.807, 2.05) is 0 Å². The Morgan fingerprint density at radius 2 is 2.23 bits per heavy atom. The molecule has 0 aromatic rings. The van der Waals surface area contributed by atoms with Crippen LogP contribution in [0.3, 0.4) is 0 Å². The van der Waals surface area contributed by atoms with Gasteiger partial charge in [-0.25, -0.2) is 0 Å². The first kappa shape index (κ1) is 8.50. The van der Waals surface area contributed by atoms with E-state index in [4.69, 9.17) is 9.84 Å². The van der Waals surface area contributed by atoms with E-state index in [0.29, 0.717) is 13.2 Å². The number of ether oxygens (including phenoxy) is 1. The molecule has 1 heterocycles. The summed E-state index contributed by atoms with van der Waals surface area (Å²) in [7, 11) is 0. The summed E-state index contributed by atoms with van der Waals surface area (Å²) in [5.74, 6) is -1.45. The predicted molar refractivity (Wildman–Crippen MR) is 42.0 cm³/mol. The average Bonchev–Trinajstić information content (AvgIpc) is 2.76. The first-order valence-electron chi connectivity index (χ1n) is 4.24. The lowest BCUT2D eigenvalue weighted by molar-refractivity contribution is -0.139. The molecule has 1 aliphatic carbocycles. The fourth-order valence-electron chi connectivity index (χ4n) is 1.93. The highest BCUT2D eigenvalue weighted by Crippen LogP contribution is 2.41. The number of aliphatic carboxylic acids is 1. The number of carbonyl (C=O) groups is 2. The topological polar surface area (TPSA) is 66.8 Å². The highest BCUT2D eigenvalue weighted by atomic mass is 16.5. The second kappa shape index (κ2) is 2.70. The van der Waals surface area contributed by atoms with Gasteiger partial charge in [-0.15, -0.1) is 0 Å². The standard InChI is InChI=1S/C8H11NO4/c1-4(10)9-2-3-13-7-5(6(7)9)8(11)12/h5-7H,2-3H2,1H3,(H,11,12)/t5-,6-,7+/m0/s1. The smallest absolute Gasteiger partial charge is 0.311 e. The molecule has 0 aromatic carbocycles. The van der Waals surface area contributed by atoms with Gasteiger partial charge in [-0.3, -0.25) is 9.59 Å². The fraction of sp³-hybridized carbons (Fsp3) is 0.750. The highest BCUT2D eigenvalue weighted by Gasteiger charge is 2.61. The molecule has 0 unspecified atom stereocenters. The molecule has 1 amide bonds. The first-order chi connectivity index (χ1) is 6.13. The first-order valence-corrected chi connectivity index (χ1v) is 4.24. The monoisotopic (exact) mass is 185 g/mol. The van der Waals surface area contributed by atoms with Crippen molar-refractivity contribution in [1.29, 1.82) is 0 Å². The zero-order valence-corrected chi connectivity index (χ0v) is 7.27. The van der Waals surface area contributed by atoms with E-state index in [0.717, 1.165) is 0 Å². The minimum absolute atomic E-state index is 0.0675. The molecule has 0 bridgehead atoms. The van der Waals surface area contributed by atoms with E-state index < -0.39 is 11.9 Å². The maximum absolute atomic E-state index is 11.1. The number of carbonyl (C=O) groups excluding carboxylic acids is 1. The zero-order chi connectivity index (χ0) is 9.59. The van der Waals surface area contributed by atoms with Gasteiger partial charge < -0.3 is 14.7 Å². The molecule has 1 N–H and O–H groups in total. The predicted octanol–water partition coefficient (Wildman–Crippen LogP) is -0.683. The van der Waals surface area contributed by atoms with Crippen molar-refractivity contribution in [1.82, 2.24) is 4.90 Å². The molecule has 0 radical (unpaired) electrons. The molecule has 1 saturated carbocycles. The molecular formula is C8H11NO4. The lowest BCUT2D eigenvalue weighted by Crippen LogP contribution is -2.40. The van der Waals surface area contributed by atoms with Crippen LogP contribution in [0.25, 0.3) is 0 Å². The number of carboxylic acids is 1. The van der Waals surface area contributed by atoms with Crippen LogP contribution in [0.1, 0.15) is 6.92 Å². The maximum atomic E-state index is 11.1. The van der Waals surface area contributed by atoms with Crippen molar-refractivity contribution >= 4 is 11.9 Å². The molecule has 5 nitrogen and oxygen atoms in total. The molecule has 72 valence electrons. The Hall–Kier alpha value is -1.10. The van der Waals surface area contributed by atoms with Crippen LogP contribution in [-0.4, -0.2) is 47.2 Å². The SMILES string of the molecule is CC(=O)N1CCO[C@@H]2[C@@H](C(=O)O)[C@@H]21. The molecule has 3 atom stereocenters. The maximum Gasteiger partial charge on any atom is 0.311 e. The molecule has 2 rings (SSSR count). The van der Waals surface area contributed by atoms with Crippen LogP contribution < -0.4 is 0 Å². The van der Waals surface area contributed by atoms with E-state index >= 15 is 0 Å². The van der Waals surface area contributed by atoms with Crippen molar-refractivity contribution < 1.29 is 19.4 Å². The van der Waals surface area contributed by atoms with Gasteiger partial charge in [0.15, 0.2) is 0 Å². The Balaban J connectivity index is 2.10. The van der Waals surface area contributed by atoms with Crippen LogP contribution in [-0.2, 0) is 14.3 Å². The highest BCUT2D eigenvalue weighted by molar-refractivity contribution is 5.80. The average molecular weight is 185 g/mol. The lowest BCUT2D eigenvalue weighted by Gasteiger charge is -2.24. The molecular weight excluding hydrogens is 174 g/mol. The van der Waals surface area contributed by atoms with E-state index in [1.165, 1.54) is 6.92 Å². The van der Waals surface area contributed by atoms with Crippen LogP contribution in [0, 0.1) is 5.92 Å². The Morgan fingerprint density at radius 1 is 1.54 bits per heavy atom. The van der Waals surface area contributed by atoms with Gasteiger partial charge in [-0.2, -0.15) is 0 Å². The largest absolute Gasteiger partial charge is 0.481 e. The summed E-state index contributed by atoms with van der Waals surface area (Å²) in [5.41, 5.74) is 0. The molecule has 2 fully saturated rings. The molecule has 1 aliphatic heterocycles. The fourth-order valence-corrected chi connectivity index (χ4v) is 1.93. The summed E-state index contributed by atoms with van der Waals surface area (Å²) in [6.07, 6.45) is -0.268. The third kappa shape index (κ3) is 1.19. The van der Waals surface area contributed by atoms with Crippen molar-refractivity contribution in [3.63, 3.8) is 0 Å². The number of morpholine rings is 1. The third-order valence-corrected chi connectivity index (χ3v) is 2.61. The Morgan fingerprint density at radius 3 is 2.77 bits per heavy atom. The number of fused-ring (bicyclic) bond motifs is 1. The number of hydrogen-bond acceptors (Lipinski definition) is 3. The van der Waals surface area contributed by atoms with Gasteiger partial charge in [0.05, 0.1) is 18.8 Å². The lowest BCUT2D eigenvalue weighted by atomic mass is 10.3. The number of amides is 1. The Labute approximate surface area is 75.3 Å². The van der Waals surface area contributed by atoms with Crippen LogP contribution in [0.2, 0.25) is 0 Å². The number of nitrogens with zero attached hydrogens (tertiary/aromatic N) is 1. The van der Waals surface area contributed by atoms with Crippen molar-refractivity contribution in [2.45, 2.75) is 19.1 Å². The van der Waals surface area contributed by atoms with Crippen molar-refractivity contribution in [3.8, 4) is 0 Å². The van der Waals surface area contributed by atoms with Crippen LogP contribution in [0.4, 0.5) is 0 Å². The van der Waals surface area contributed by atoms with E-state index in [9.17, 15) is 9.59 Å². The third-order valence-electron chi connectivity index (χ3n) is 2.61. The normalized spacial score (nSPS) is 36.7. The zero-order valence-electron chi connectivity index (χ0n) is 7.27. The van der Waals surface area contributed by atoms with E-state index in [-0.39, 0.29) is 18.1 Å². The number of rotatable bonds is 1. The Bertz CT molecular complexity index is 265. The van der Waals surface area contributed by atoms with E-state index in [1.54, 1.807) is 4.90 Å². The number of hydrogen-bond donors (Lipinski definition) is 1. The molecule has 0 aromatic heterocycles. The van der Waals surface area contributed by atoms with Gasteiger partial charge in [0.1, 0.15) is 5.92 Å². The summed E-state index contributed by atoms with van der Waals surface area (Å²) < 4.78 is 5.23. The summed E-state index contributed by atoms with van der Waals surface area (Å²) in [5, 5.41) is 8.77. The van der Waals surface area contributed by atoms with Crippen molar-refractivity contribution in [2.75, 3.05) is 13.2 Å². The number of carboxylic acid groups (broad SMARTS) is 1. The van der Waals surface area contributed by atoms with E-state index in [2.05, 4.69) is 0 Å². The van der Waals surface area contributed by atoms with Gasteiger partial charge in [0.2, 0.25) is 5.91 Å². The quantitative estimate of drug-likeness (QED) is 0.587. The van der Waals surface area contributed by atoms with Gasteiger partial charge in [0.25, 0.3) is 0 Å². The molecule has 5 heteroatoms. The molecule has 13 heavy (non-hydrogen) atoms. The summed E-state index contributed by atoms with van der Waals surface area (Å²) >= 11 is 0. The molecule has 0 spiro atoms. The van der Waals surface area contributed by atoms with Crippen molar-refractivity contribution in [2.24, 2.45) is 5.92 Å². The van der Waals surface area contributed by atoms with Crippen LogP contribution in [0.5, 0.6) is 0 Å². The molecule has 1 saturated heterocycles. The van der Waals surface area contributed by atoms with Gasteiger partial charge in [-0.1, -0.05) is 0 Å². The summed E-state index contributed by atoms with van der Waals surface area (Å²) in [4.78, 5) is 23.3. The second-order valence-corrected chi connectivity index (χ2v) is 3.40. The van der Waals surface area contributed by atoms with Gasteiger partial charge in [-0.05, 0) is 0 Å². The second-order valence-electron chi connectivity index (χ2n) is 3.40. The summed E-state index contributed by atoms with van der Waals surface area (Å²) in [6.45, 7) is 2.42. The van der Waals surface area contributed by atoms with Gasteiger partial charge in [0, 0.05) is 13.5 Å². The van der Waals surface area contributed by atoms with Crippen molar-refractivity contribution in [3.05, 3.63) is 0 Å².